The largest absolute Gasteiger partial charge is 0.371 e. The van der Waals surface area contributed by atoms with Gasteiger partial charge in [0, 0.05) is 45.1 Å². The van der Waals surface area contributed by atoms with E-state index in [4.69, 9.17) is 0 Å². The summed E-state index contributed by atoms with van der Waals surface area (Å²) in [5.74, 6) is 1.49. The van der Waals surface area contributed by atoms with Crippen molar-refractivity contribution in [2.75, 3.05) is 12.4 Å². The van der Waals surface area contributed by atoms with Crippen molar-refractivity contribution in [3.63, 3.8) is 0 Å². The maximum absolute atomic E-state index is 11.4. The van der Waals surface area contributed by atoms with E-state index in [-0.39, 0.29) is 5.56 Å². The van der Waals surface area contributed by atoms with Crippen LogP contribution in [0.25, 0.3) is 11.4 Å². The molecule has 0 aromatic carbocycles. The molecule has 3 aromatic heterocycles. The van der Waals surface area contributed by atoms with Crippen LogP contribution in [0.5, 0.6) is 0 Å². The van der Waals surface area contributed by atoms with Gasteiger partial charge in [-0.05, 0) is 31.2 Å². The van der Waals surface area contributed by atoms with Crippen LogP contribution in [0.3, 0.4) is 0 Å². The third-order valence-electron chi connectivity index (χ3n) is 3.17. The molecule has 7 heteroatoms. The first-order valence-corrected chi connectivity index (χ1v) is 7.44. The molecule has 124 valence electrons. The minimum absolute atomic E-state index is 0.114. The molecule has 0 fully saturated rings. The lowest BCUT2D eigenvalue weighted by Gasteiger charge is -2.00. The topological polar surface area (TPSA) is 88.0 Å². The summed E-state index contributed by atoms with van der Waals surface area (Å²) < 4.78 is 1.81. The van der Waals surface area contributed by atoms with Gasteiger partial charge in [0.15, 0.2) is 5.82 Å². The van der Waals surface area contributed by atoms with Crippen molar-refractivity contribution in [3.05, 3.63) is 59.4 Å². The second-order valence-corrected chi connectivity index (χ2v) is 4.78. The van der Waals surface area contributed by atoms with Crippen LogP contribution in [-0.2, 0) is 7.05 Å². The third kappa shape index (κ3) is 4.16. The molecule has 3 aromatic rings. The van der Waals surface area contributed by atoms with E-state index >= 15 is 0 Å². The van der Waals surface area contributed by atoms with Gasteiger partial charge in [-0.25, -0.2) is 9.97 Å². The highest BCUT2D eigenvalue weighted by Crippen LogP contribution is 2.19. The van der Waals surface area contributed by atoms with Crippen LogP contribution in [-0.4, -0.2) is 32.8 Å². The number of anilines is 1. The number of aromatic nitrogens is 4. The Kier molecular flexibility index (Phi) is 6.01. The van der Waals surface area contributed by atoms with Crippen LogP contribution >= 0.6 is 0 Å². The van der Waals surface area contributed by atoms with Crippen molar-refractivity contribution in [2.45, 2.75) is 6.92 Å². The first-order valence-electron chi connectivity index (χ1n) is 7.44. The molecular formula is C17H20N6O. The van der Waals surface area contributed by atoms with Crippen LogP contribution in [0.15, 0.2) is 58.8 Å². The number of nitrogens with one attached hydrogen (secondary N) is 2. The van der Waals surface area contributed by atoms with Gasteiger partial charge in [-0.2, -0.15) is 0 Å². The van der Waals surface area contributed by atoms with Crippen molar-refractivity contribution < 1.29 is 0 Å². The lowest BCUT2D eigenvalue weighted by atomic mass is 10.2. The first-order chi connectivity index (χ1) is 11.7. The Morgan fingerprint density at radius 1 is 1.25 bits per heavy atom. The van der Waals surface area contributed by atoms with Crippen molar-refractivity contribution >= 4 is 17.7 Å². The van der Waals surface area contributed by atoms with Gasteiger partial charge in [-0.3, -0.25) is 9.79 Å². The highest BCUT2D eigenvalue weighted by molar-refractivity contribution is 5.68. The van der Waals surface area contributed by atoms with Crippen LogP contribution in [0.1, 0.15) is 6.92 Å². The summed E-state index contributed by atoms with van der Waals surface area (Å²) in [6.45, 7) is 1.88. The Morgan fingerprint density at radius 2 is 2.08 bits per heavy atom. The van der Waals surface area contributed by atoms with Crippen molar-refractivity contribution in [3.8, 4) is 11.4 Å². The van der Waals surface area contributed by atoms with Crippen LogP contribution < -0.4 is 10.9 Å². The fourth-order valence-electron chi connectivity index (χ4n) is 2.06. The Balaban J connectivity index is 0.000000177. The molecule has 2 N–H and O–H groups in total. The molecule has 7 nitrogen and oxygen atoms in total. The summed E-state index contributed by atoms with van der Waals surface area (Å²) in [5, 5.41) is 2.96. The van der Waals surface area contributed by atoms with E-state index in [1.165, 1.54) is 0 Å². The van der Waals surface area contributed by atoms with Gasteiger partial charge in [0.2, 0.25) is 0 Å². The van der Waals surface area contributed by atoms with E-state index in [2.05, 4.69) is 25.3 Å². The highest BCUT2D eigenvalue weighted by atomic mass is 16.1. The number of imidazole rings is 1. The second kappa shape index (κ2) is 8.42. The molecule has 0 saturated heterocycles. The molecule has 0 unspecified atom stereocenters. The molecule has 3 rings (SSSR count). The maximum Gasteiger partial charge on any atom is 0.258 e. The number of aryl methyl sites for hydroxylation is 1. The molecule has 0 spiro atoms. The van der Waals surface area contributed by atoms with Gasteiger partial charge in [0.25, 0.3) is 5.56 Å². The molecule has 0 saturated carbocycles. The fraction of sp³-hybridized carbons (Fsp3) is 0.176. The van der Waals surface area contributed by atoms with Gasteiger partial charge in [-0.15, -0.1) is 0 Å². The lowest BCUT2D eigenvalue weighted by molar-refractivity contribution is 0.921. The summed E-state index contributed by atoms with van der Waals surface area (Å²) in [4.78, 5) is 26.3. The van der Waals surface area contributed by atoms with Gasteiger partial charge in [0.05, 0.1) is 5.56 Å². The van der Waals surface area contributed by atoms with Gasteiger partial charge in [0.1, 0.15) is 11.5 Å². The number of hydrogen-bond acceptors (Lipinski definition) is 5. The Bertz CT molecular complexity index is 865. The molecule has 0 aliphatic rings. The van der Waals surface area contributed by atoms with Crippen LogP contribution in [0, 0.1) is 0 Å². The van der Waals surface area contributed by atoms with Crippen molar-refractivity contribution in [2.24, 2.45) is 12.0 Å². The minimum Gasteiger partial charge on any atom is -0.371 e. The summed E-state index contributed by atoms with van der Waals surface area (Å²) in [7, 11) is 3.69. The molecular weight excluding hydrogens is 304 g/mol. The molecule has 0 amide bonds. The number of aliphatic imine (C=N–C) groups is 1. The van der Waals surface area contributed by atoms with Crippen LogP contribution in [0.4, 0.5) is 11.5 Å². The van der Waals surface area contributed by atoms with Gasteiger partial charge < -0.3 is 14.9 Å². The number of H-pyrrole nitrogens is 1. The normalized spacial score (nSPS) is 10.3. The quantitative estimate of drug-likeness (QED) is 0.725. The summed E-state index contributed by atoms with van der Waals surface area (Å²) in [6.07, 6.45) is 8.57. The molecule has 0 aliphatic carbocycles. The smallest absolute Gasteiger partial charge is 0.258 e. The first kappa shape index (κ1) is 17.1. The van der Waals surface area contributed by atoms with E-state index in [0.717, 1.165) is 11.5 Å². The highest BCUT2D eigenvalue weighted by Gasteiger charge is 2.05. The minimum atomic E-state index is -0.114. The predicted octanol–water partition coefficient (Wildman–Crippen LogP) is 2.62. The zero-order valence-electron chi connectivity index (χ0n) is 13.9. The zero-order chi connectivity index (χ0) is 17.4. The Labute approximate surface area is 140 Å². The summed E-state index contributed by atoms with van der Waals surface area (Å²) in [6, 6.07) is 7.31. The second-order valence-electron chi connectivity index (χ2n) is 4.78. The number of nitrogens with zero attached hydrogens (tertiary/aromatic N) is 4. The zero-order valence-corrected chi connectivity index (χ0v) is 13.9. The third-order valence-corrected chi connectivity index (χ3v) is 3.17. The number of rotatable bonds is 3. The Morgan fingerprint density at radius 3 is 2.71 bits per heavy atom. The summed E-state index contributed by atoms with van der Waals surface area (Å²) >= 11 is 0. The molecule has 3 heterocycles. The molecule has 0 bridgehead atoms. The van der Waals surface area contributed by atoms with Crippen molar-refractivity contribution in [1.82, 2.24) is 19.5 Å². The number of pyridine rings is 2. The Hall–Kier alpha value is -3.22. The number of hydrogen-bond donors (Lipinski definition) is 2. The van der Waals surface area contributed by atoms with E-state index < -0.39 is 0 Å². The molecule has 0 aliphatic heterocycles. The lowest BCUT2D eigenvalue weighted by Crippen LogP contribution is -2.09. The SMILES string of the molecule is CC=Nc1cccnc1NC.Cn1ccnc1-c1ccc[nH]c1=O. The van der Waals surface area contributed by atoms with E-state index in [1.807, 2.05) is 43.9 Å². The standard InChI is InChI=1S/C9H9N3O.C8H11N3/c1-12-6-5-10-8(12)7-3-2-4-11-9(7)13;1-3-10-7-5-4-6-11-8(7)9-2/h2-6H,1H3,(H,11,13);3-6H,1-2H3,(H,9,11). The monoisotopic (exact) mass is 324 g/mol. The van der Waals surface area contributed by atoms with Crippen molar-refractivity contribution in [1.29, 1.82) is 0 Å². The van der Waals surface area contributed by atoms with Crippen LogP contribution in [0.2, 0.25) is 0 Å². The molecule has 0 radical (unpaired) electrons. The van der Waals surface area contributed by atoms with E-state index in [1.54, 1.807) is 36.9 Å². The summed E-state index contributed by atoms with van der Waals surface area (Å²) in [5.41, 5.74) is 1.35. The average Bonchev–Trinajstić information content (AvgIpc) is 3.03. The maximum atomic E-state index is 11.4. The van der Waals surface area contributed by atoms with Gasteiger partial charge >= 0.3 is 0 Å². The van der Waals surface area contributed by atoms with E-state index in [0.29, 0.717) is 11.4 Å². The fourth-order valence-corrected chi connectivity index (χ4v) is 2.06. The number of aromatic amines is 1. The predicted molar refractivity (Wildman–Crippen MR) is 96.9 cm³/mol. The molecule has 24 heavy (non-hydrogen) atoms. The molecule has 0 atom stereocenters. The van der Waals surface area contributed by atoms with E-state index in [9.17, 15) is 4.79 Å². The average molecular weight is 324 g/mol. The van der Waals surface area contributed by atoms with Gasteiger partial charge in [-0.1, -0.05) is 0 Å².